The van der Waals surface area contributed by atoms with Crippen LogP contribution in [0.3, 0.4) is 0 Å². The van der Waals surface area contributed by atoms with E-state index in [-0.39, 0.29) is 23.7 Å². The van der Waals surface area contributed by atoms with Crippen LogP contribution >= 0.6 is 23.2 Å². The maximum Gasteiger partial charge on any atom is 0.337 e. The summed E-state index contributed by atoms with van der Waals surface area (Å²) in [7, 11) is 0. The molecule has 0 spiro atoms. The van der Waals surface area contributed by atoms with Gasteiger partial charge in [-0.05, 0) is 52.9 Å². The topological polar surface area (TPSA) is 166 Å². The lowest BCUT2D eigenvalue weighted by Gasteiger charge is -2.12. The number of hydrogen-bond acceptors (Lipinski definition) is 8. The van der Waals surface area contributed by atoms with Gasteiger partial charge >= 0.3 is 6.03 Å². The van der Waals surface area contributed by atoms with Crippen LogP contribution in [-0.4, -0.2) is 37.1 Å². The number of nitro benzene ring substituents is 1. The number of carbonyl (C=O) groups is 2. The van der Waals surface area contributed by atoms with Gasteiger partial charge < -0.3 is 10.1 Å². The Morgan fingerprint density at radius 3 is 2.49 bits per heavy atom. The average Bonchev–Trinajstić information content (AvgIpc) is 3.33. The van der Waals surface area contributed by atoms with Crippen LogP contribution in [0.2, 0.25) is 10.0 Å². The SMILES string of the molecule is O=C(Cn1nnnc1-c1ccccc1Oc1ccc(Cl)cc1Cl)NNC(=O)Nc1ccc([N+](=O)[O-])cc1. The van der Waals surface area contributed by atoms with Crippen LogP contribution in [0.25, 0.3) is 11.4 Å². The minimum absolute atomic E-state index is 0.125. The second-order valence-corrected chi connectivity index (χ2v) is 8.11. The summed E-state index contributed by atoms with van der Waals surface area (Å²) >= 11 is 12.2. The highest BCUT2D eigenvalue weighted by Crippen LogP contribution is 2.36. The van der Waals surface area contributed by atoms with Gasteiger partial charge in [-0.3, -0.25) is 20.3 Å². The molecule has 3 aromatic carbocycles. The normalized spacial score (nSPS) is 10.4. The number of hydrogen-bond donors (Lipinski definition) is 3. The zero-order chi connectivity index (χ0) is 26.4. The molecule has 1 aromatic heterocycles. The summed E-state index contributed by atoms with van der Waals surface area (Å²) in [5, 5.41) is 25.4. The van der Waals surface area contributed by atoms with E-state index in [2.05, 4.69) is 31.7 Å². The van der Waals surface area contributed by atoms with Gasteiger partial charge in [0.2, 0.25) is 0 Å². The van der Waals surface area contributed by atoms with Crippen molar-refractivity contribution >= 4 is 46.5 Å². The largest absolute Gasteiger partial charge is 0.455 e. The Morgan fingerprint density at radius 2 is 1.76 bits per heavy atom. The number of urea groups is 1. The number of aromatic nitrogens is 4. The quantitative estimate of drug-likeness (QED) is 0.230. The van der Waals surface area contributed by atoms with E-state index in [0.29, 0.717) is 27.1 Å². The number of ether oxygens (including phenoxy) is 1. The maximum absolute atomic E-state index is 12.4. The molecule has 3 amide bonds. The molecule has 0 unspecified atom stereocenters. The number of benzene rings is 3. The lowest BCUT2D eigenvalue weighted by molar-refractivity contribution is -0.384. The van der Waals surface area contributed by atoms with E-state index in [1.807, 2.05) is 0 Å². The van der Waals surface area contributed by atoms with E-state index in [0.717, 1.165) is 0 Å². The Morgan fingerprint density at radius 1 is 1.00 bits per heavy atom. The molecule has 4 aromatic rings. The highest BCUT2D eigenvalue weighted by molar-refractivity contribution is 6.35. The highest BCUT2D eigenvalue weighted by atomic mass is 35.5. The van der Waals surface area contributed by atoms with Crippen LogP contribution in [0.5, 0.6) is 11.5 Å². The molecule has 0 saturated heterocycles. The summed E-state index contributed by atoms with van der Waals surface area (Å²) in [5.41, 5.74) is 5.05. The van der Waals surface area contributed by atoms with Gasteiger partial charge in [0.15, 0.2) is 5.82 Å². The zero-order valence-corrected chi connectivity index (χ0v) is 20.1. The van der Waals surface area contributed by atoms with Crippen molar-refractivity contribution < 1.29 is 19.2 Å². The molecule has 0 saturated carbocycles. The molecule has 0 aliphatic carbocycles. The van der Waals surface area contributed by atoms with Gasteiger partial charge in [-0.25, -0.2) is 14.9 Å². The van der Waals surface area contributed by atoms with Crippen LogP contribution in [0, 0.1) is 10.1 Å². The molecule has 188 valence electrons. The number of carbonyl (C=O) groups excluding carboxylic acids is 2. The Balaban J connectivity index is 1.39. The lowest BCUT2D eigenvalue weighted by atomic mass is 10.2. The fourth-order valence-corrected chi connectivity index (χ4v) is 3.50. The third-order valence-corrected chi connectivity index (χ3v) is 5.25. The summed E-state index contributed by atoms with van der Waals surface area (Å²) in [6.45, 7) is -0.337. The van der Waals surface area contributed by atoms with E-state index >= 15 is 0 Å². The van der Waals surface area contributed by atoms with Crippen molar-refractivity contribution in [2.75, 3.05) is 5.32 Å². The van der Waals surface area contributed by atoms with Crippen molar-refractivity contribution in [3.8, 4) is 22.9 Å². The standard InChI is InChI=1S/C22H16Cl2N8O5/c23-13-5-10-19(17(24)11-13)37-18-4-2-1-3-16(18)21-27-29-30-31(21)12-20(33)26-28-22(34)25-14-6-8-15(9-7-14)32(35)36/h1-11H,12H2,(H,26,33)(H2,25,28,34). The molecular weight excluding hydrogens is 527 g/mol. The van der Waals surface area contributed by atoms with Gasteiger partial charge in [-0.2, -0.15) is 0 Å². The summed E-state index contributed by atoms with van der Waals surface area (Å²) in [6, 6.07) is 16.1. The number of amides is 3. The third-order valence-electron chi connectivity index (χ3n) is 4.72. The van der Waals surface area contributed by atoms with Crippen LogP contribution in [0.4, 0.5) is 16.2 Å². The van der Waals surface area contributed by atoms with E-state index in [9.17, 15) is 19.7 Å². The minimum atomic E-state index is -0.766. The average molecular weight is 543 g/mol. The van der Waals surface area contributed by atoms with Crippen molar-refractivity contribution in [1.82, 2.24) is 31.1 Å². The van der Waals surface area contributed by atoms with Crippen molar-refractivity contribution in [3.63, 3.8) is 0 Å². The summed E-state index contributed by atoms with van der Waals surface area (Å²) in [4.78, 5) is 34.6. The highest BCUT2D eigenvalue weighted by Gasteiger charge is 2.18. The van der Waals surface area contributed by atoms with Crippen LogP contribution in [0.15, 0.2) is 66.7 Å². The molecule has 0 radical (unpaired) electrons. The Kier molecular flexibility index (Phi) is 7.76. The van der Waals surface area contributed by atoms with Crippen molar-refractivity contribution in [1.29, 1.82) is 0 Å². The first-order chi connectivity index (χ1) is 17.8. The molecule has 0 bridgehead atoms. The van der Waals surface area contributed by atoms with Crippen LogP contribution in [0.1, 0.15) is 0 Å². The number of para-hydroxylation sites is 1. The maximum atomic E-state index is 12.4. The first kappa shape index (κ1) is 25.3. The lowest BCUT2D eigenvalue weighted by Crippen LogP contribution is -2.45. The molecule has 0 aliphatic heterocycles. The third kappa shape index (κ3) is 6.48. The zero-order valence-electron chi connectivity index (χ0n) is 18.6. The number of anilines is 1. The van der Waals surface area contributed by atoms with Crippen LogP contribution < -0.4 is 20.9 Å². The number of nitro groups is 1. The van der Waals surface area contributed by atoms with Gasteiger partial charge in [-0.1, -0.05) is 35.3 Å². The second kappa shape index (κ2) is 11.3. The fourth-order valence-electron chi connectivity index (χ4n) is 3.05. The molecule has 13 nitrogen and oxygen atoms in total. The molecule has 3 N–H and O–H groups in total. The molecule has 1 heterocycles. The predicted molar refractivity (Wildman–Crippen MR) is 133 cm³/mol. The molecule has 0 atom stereocenters. The first-order valence-electron chi connectivity index (χ1n) is 10.4. The molecule has 4 rings (SSSR count). The first-order valence-corrected chi connectivity index (χ1v) is 11.1. The number of nitrogens with zero attached hydrogens (tertiary/aromatic N) is 5. The van der Waals surface area contributed by atoms with Gasteiger partial charge in [0, 0.05) is 22.8 Å². The summed E-state index contributed by atoms with van der Waals surface area (Å²) in [6.07, 6.45) is 0. The molecule has 0 aliphatic rings. The van der Waals surface area contributed by atoms with Gasteiger partial charge in [0.05, 0.1) is 15.5 Å². The smallest absolute Gasteiger partial charge is 0.337 e. The predicted octanol–water partition coefficient (Wildman–Crippen LogP) is 4.20. The number of non-ortho nitro benzene ring substituents is 1. The number of tetrazole rings is 1. The summed E-state index contributed by atoms with van der Waals surface area (Å²) < 4.78 is 7.15. The molecular formula is C22H16Cl2N8O5. The second-order valence-electron chi connectivity index (χ2n) is 7.26. The molecule has 37 heavy (non-hydrogen) atoms. The van der Waals surface area contributed by atoms with Gasteiger partial charge in [-0.15, -0.1) is 5.10 Å². The van der Waals surface area contributed by atoms with Crippen molar-refractivity contribution in [3.05, 3.63) is 86.9 Å². The Bertz CT molecular complexity index is 1460. The fraction of sp³-hybridized carbons (Fsp3) is 0.0455. The Hall–Kier alpha value is -4.75. The van der Waals surface area contributed by atoms with E-state index in [1.165, 1.54) is 28.9 Å². The van der Waals surface area contributed by atoms with Crippen LogP contribution in [-0.2, 0) is 11.3 Å². The number of rotatable bonds is 7. The van der Waals surface area contributed by atoms with E-state index in [4.69, 9.17) is 27.9 Å². The van der Waals surface area contributed by atoms with Gasteiger partial charge in [0.1, 0.15) is 18.0 Å². The summed E-state index contributed by atoms with van der Waals surface area (Å²) in [5.74, 6) is 0.333. The molecule has 15 heteroatoms. The Labute approximate surface area is 218 Å². The number of nitrogens with one attached hydrogen (secondary N) is 3. The number of halogens is 2. The number of hydrazine groups is 1. The van der Waals surface area contributed by atoms with Crippen molar-refractivity contribution in [2.24, 2.45) is 0 Å². The van der Waals surface area contributed by atoms with Crippen molar-refractivity contribution in [2.45, 2.75) is 6.54 Å². The van der Waals surface area contributed by atoms with Gasteiger partial charge in [0.25, 0.3) is 11.6 Å². The monoisotopic (exact) mass is 542 g/mol. The minimum Gasteiger partial charge on any atom is -0.455 e. The van der Waals surface area contributed by atoms with E-state index in [1.54, 1.807) is 42.5 Å². The van der Waals surface area contributed by atoms with E-state index < -0.39 is 16.9 Å². The molecule has 0 fully saturated rings.